The van der Waals surface area contributed by atoms with Gasteiger partial charge < -0.3 is 10.2 Å². The molecule has 0 atom stereocenters. The number of hydrogen-bond acceptors (Lipinski definition) is 3. The number of amides is 2. The van der Waals surface area contributed by atoms with E-state index in [0.717, 1.165) is 15.9 Å². The van der Waals surface area contributed by atoms with Gasteiger partial charge in [-0.3, -0.25) is 9.59 Å². The Morgan fingerprint density at radius 1 is 1.12 bits per heavy atom. The van der Waals surface area contributed by atoms with Crippen LogP contribution in [-0.2, 0) is 10.2 Å². The summed E-state index contributed by atoms with van der Waals surface area (Å²) in [6.45, 7) is 10.6. The van der Waals surface area contributed by atoms with Crippen molar-refractivity contribution in [3.05, 3.63) is 75.4 Å². The van der Waals surface area contributed by atoms with Gasteiger partial charge in [0.15, 0.2) is 0 Å². The van der Waals surface area contributed by atoms with Gasteiger partial charge in [-0.1, -0.05) is 68.2 Å². The first kappa shape index (κ1) is 26.0. The van der Waals surface area contributed by atoms with Gasteiger partial charge in [-0.2, -0.15) is 5.10 Å². The lowest BCUT2D eigenvalue weighted by atomic mass is 9.92. The summed E-state index contributed by atoms with van der Waals surface area (Å²) in [5.41, 5.74) is 1.93. The molecule has 2 aromatic carbocycles. The Labute approximate surface area is 214 Å². The molecule has 3 rings (SSSR count). The van der Waals surface area contributed by atoms with Crippen molar-refractivity contribution < 1.29 is 9.59 Å². The lowest BCUT2D eigenvalue weighted by molar-refractivity contribution is -0.117. The molecule has 180 valence electrons. The molecule has 1 heterocycles. The Hall–Kier alpha value is -2.64. The number of nitrogens with one attached hydrogen (secondary N) is 1. The van der Waals surface area contributed by atoms with Crippen molar-refractivity contribution in [1.29, 1.82) is 0 Å². The number of nitrogens with zero attached hydrogens (tertiary/aromatic N) is 3. The Kier molecular flexibility index (Phi) is 8.21. The van der Waals surface area contributed by atoms with Crippen LogP contribution in [0.2, 0.25) is 5.02 Å². The fraction of sp³-hybridized carbons (Fsp3) is 0.346. The maximum absolute atomic E-state index is 13.2. The SMILES string of the molecule is CC(C)CN(CC(=O)Nc1cc(C(C)(C)C)nn1-c1ccc(Cl)cc1)C(=O)c1cccc(Br)c1. The average Bonchev–Trinajstić information content (AvgIpc) is 3.17. The highest BCUT2D eigenvalue weighted by atomic mass is 79.9. The largest absolute Gasteiger partial charge is 0.329 e. The number of hydrogen-bond donors (Lipinski definition) is 1. The summed E-state index contributed by atoms with van der Waals surface area (Å²) in [6, 6.07) is 16.3. The number of anilines is 1. The summed E-state index contributed by atoms with van der Waals surface area (Å²) >= 11 is 9.46. The van der Waals surface area contributed by atoms with Crippen molar-refractivity contribution in [2.24, 2.45) is 5.92 Å². The highest BCUT2D eigenvalue weighted by molar-refractivity contribution is 9.10. The van der Waals surface area contributed by atoms with E-state index in [9.17, 15) is 9.59 Å². The van der Waals surface area contributed by atoms with E-state index in [0.29, 0.717) is 22.9 Å². The minimum absolute atomic E-state index is 0.0693. The molecule has 0 aliphatic carbocycles. The van der Waals surface area contributed by atoms with Gasteiger partial charge >= 0.3 is 0 Å². The molecule has 3 aromatic rings. The van der Waals surface area contributed by atoms with E-state index in [1.54, 1.807) is 33.8 Å². The molecular formula is C26H30BrClN4O2. The molecule has 0 saturated heterocycles. The number of carbonyl (C=O) groups is 2. The van der Waals surface area contributed by atoms with Crippen LogP contribution in [0, 0.1) is 5.92 Å². The van der Waals surface area contributed by atoms with E-state index >= 15 is 0 Å². The topological polar surface area (TPSA) is 67.2 Å². The summed E-state index contributed by atoms with van der Waals surface area (Å²) in [4.78, 5) is 27.9. The van der Waals surface area contributed by atoms with Gasteiger partial charge in [-0.05, 0) is 48.4 Å². The molecule has 1 aromatic heterocycles. The van der Waals surface area contributed by atoms with Gasteiger partial charge in [0.05, 0.1) is 11.4 Å². The number of benzene rings is 2. The Bertz CT molecular complexity index is 1170. The van der Waals surface area contributed by atoms with Crippen LogP contribution in [0.3, 0.4) is 0 Å². The Morgan fingerprint density at radius 3 is 2.38 bits per heavy atom. The first-order valence-electron chi connectivity index (χ1n) is 11.1. The lowest BCUT2D eigenvalue weighted by Crippen LogP contribution is -2.40. The third-order valence-electron chi connectivity index (χ3n) is 5.10. The molecular weight excluding hydrogens is 516 g/mol. The molecule has 1 N–H and O–H groups in total. The summed E-state index contributed by atoms with van der Waals surface area (Å²) in [7, 11) is 0. The van der Waals surface area contributed by atoms with Crippen LogP contribution in [0.15, 0.2) is 59.1 Å². The Balaban J connectivity index is 1.87. The van der Waals surface area contributed by atoms with E-state index in [-0.39, 0.29) is 29.7 Å². The van der Waals surface area contributed by atoms with Gasteiger partial charge in [0.25, 0.3) is 5.91 Å². The fourth-order valence-corrected chi connectivity index (χ4v) is 3.96. The summed E-state index contributed by atoms with van der Waals surface area (Å²) in [5, 5.41) is 8.31. The number of aromatic nitrogens is 2. The van der Waals surface area contributed by atoms with E-state index in [1.807, 2.05) is 44.2 Å². The number of carbonyl (C=O) groups excluding carboxylic acids is 2. The molecule has 0 bridgehead atoms. The molecule has 0 unspecified atom stereocenters. The van der Waals surface area contributed by atoms with Gasteiger partial charge in [0.1, 0.15) is 12.4 Å². The number of halogens is 2. The molecule has 34 heavy (non-hydrogen) atoms. The smallest absolute Gasteiger partial charge is 0.254 e. The van der Waals surface area contributed by atoms with Crippen LogP contribution < -0.4 is 5.32 Å². The van der Waals surface area contributed by atoms with Crippen molar-refractivity contribution in [3.63, 3.8) is 0 Å². The molecule has 2 amide bonds. The van der Waals surface area contributed by atoms with Crippen LogP contribution >= 0.6 is 27.5 Å². The molecule has 0 aliphatic heterocycles. The van der Waals surface area contributed by atoms with Crippen LogP contribution in [0.25, 0.3) is 5.69 Å². The highest BCUT2D eigenvalue weighted by Crippen LogP contribution is 2.27. The van der Waals surface area contributed by atoms with E-state index < -0.39 is 0 Å². The summed E-state index contributed by atoms with van der Waals surface area (Å²) < 4.78 is 2.51. The normalized spacial score (nSPS) is 11.5. The molecule has 8 heteroatoms. The van der Waals surface area contributed by atoms with Crippen molar-refractivity contribution in [1.82, 2.24) is 14.7 Å². The Morgan fingerprint density at radius 2 is 1.79 bits per heavy atom. The van der Waals surface area contributed by atoms with Crippen LogP contribution in [-0.4, -0.2) is 39.6 Å². The van der Waals surface area contributed by atoms with Crippen molar-refractivity contribution in [2.45, 2.75) is 40.0 Å². The standard InChI is InChI=1S/C26H30BrClN4O2/c1-17(2)15-31(25(34)18-7-6-8-19(27)13-18)16-24(33)29-23-14-22(26(3,4)5)30-32(23)21-11-9-20(28)10-12-21/h6-14,17H,15-16H2,1-5H3,(H,29,33). The molecule has 0 fully saturated rings. The lowest BCUT2D eigenvalue weighted by Gasteiger charge is -2.24. The van der Waals surface area contributed by atoms with Crippen LogP contribution in [0.5, 0.6) is 0 Å². The van der Waals surface area contributed by atoms with E-state index in [2.05, 4.69) is 42.0 Å². The van der Waals surface area contributed by atoms with Crippen molar-refractivity contribution >= 4 is 45.2 Å². The number of rotatable bonds is 7. The predicted molar refractivity (Wildman–Crippen MR) is 141 cm³/mol. The van der Waals surface area contributed by atoms with Gasteiger partial charge in [0, 0.05) is 33.1 Å². The molecule has 0 saturated carbocycles. The summed E-state index contributed by atoms with van der Waals surface area (Å²) in [6.07, 6.45) is 0. The third kappa shape index (κ3) is 6.70. The first-order valence-corrected chi connectivity index (χ1v) is 12.3. The average molecular weight is 546 g/mol. The van der Waals surface area contributed by atoms with Gasteiger partial charge in [0.2, 0.25) is 5.91 Å². The monoisotopic (exact) mass is 544 g/mol. The van der Waals surface area contributed by atoms with Gasteiger partial charge in [-0.15, -0.1) is 0 Å². The third-order valence-corrected chi connectivity index (χ3v) is 5.84. The second-order valence-electron chi connectivity index (χ2n) is 9.69. The molecule has 0 radical (unpaired) electrons. The predicted octanol–water partition coefficient (Wildman–Crippen LogP) is 6.32. The summed E-state index contributed by atoms with van der Waals surface area (Å²) in [5.74, 6) is 0.263. The second kappa shape index (κ2) is 10.7. The minimum atomic E-state index is -0.292. The maximum Gasteiger partial charge on any atom is 0.254 e. The van der Waals surface area contributed by atoms with Crippen LogP contribution in [0.1, 0.15) is 50.7 Å². The minimum Gasteiger partial charge on any atom is -0.329 e. The fourth-order valence-electron chi connectivity index (χ4n) is 3.44. The maximum atomic E-state index is 13.2. The zero-order valence-electron chi connectivity index (χ0n) is 20.1. The quantitative estimate of drug-likeness (QED) is 0.378. The van der Waals surface area contributed by atoms with Crippen molar-refractivity contribution in [2.75, 3.05) is 18.4 Å². The van der Waals surface area contributed by atoms with Crippen LogP contribution in [0.4, 0.5) is 5.82 Å². The van der Waals surface area contributed by atoms with E-state index in [4.69, 9.17) is 16.7 Å². The van der Waals surface area contributed by atoms with Crippen molar-refractivity contribution in [3.8, 4) is 5.69 Å². The molecule has 0 aliphatic rings. The van der Waals surface area contributed by atoms with Gasteiger partial charge in [-0.25, -0.2) is 4.68 Å². The molecule has 0 spiro atoms. The zero-order chi connectivity index (χ0) is 25.0. The molecule has 6 nitrogen and oxygen atoms in total. The highest BCUT2D eigenvalue weighted by Gasteiger charge is 2.24. The zero-order valence-corrected chi connectivity index (χ0v) is 22.4. The first-order chi connectivity index (χ1) is 15.9. The van der Waals surface area contributed by atoms with E-state index in [1.165, 1.54) is 0 Å². The second-order valence-corrected chi connectivity index (χ2v) is 11.0.